The van der Waals surface area contributed by atoms with E-state index < -0.39 is 65.3 Å². The second kappa shape index (κ2) is 10.7. The molecule has 13 heteroatoms. The van der Waals surface area contributed by atoms with E-state index in [4.69, 9.17) is 4.74 Å². The number of hydrogen-bond donors (Lipinski definition) is 0. The van der Waals surface area contributed by atoms with Gasteiger partial charge in [0.2, 0.25) is 0 Å². The van der Waals surface area contributed by atoms with Crippen molar-refractivity contribution in [3.63, 3.8) is 0 Å². The summed E-state index contributed by atoms with van der Waals surface area (Å²) in [5.41, 5.74) is -2.18. The van der Waals surface area contributed by atoms with Crippen LogP contribution in [0.2, 0.25) is 0 Å². The van der Waals surface area contributed by atoms with Crippen LogP contribution < -0.4 is 0 Å². The highest BCUT2D eigenvalue weighted by atomic mass is 19.4. The zero-order valence-electron chi connectivity index (χ0n) is 21.8. The van der Waals surface area contributed by atoms with Gasteiger partial charge in [0.25, 0.3) is 0 Å². The molecule has 0 spiro atoms. The highest BCUT2D eigenvalue weighted by Gasteiger charge is 2.52. The molecular formula is C26H29F9N2O2. The van der Waals surface area contributed by atoms with Gasteiger partial charge < -0.3 is 9.64 Å². The average Bonchev–Trinajstić information content (AvgIpc) is 3.06. The number of rotatable bonds is 6. The normalized spacial score (nSPS) is 25.5. The molecule has 1 aromatic carbocycles. The molecule has 2 aliphatic rings. The zero-order valence-corrected chi connectivity index (χ0v) is 21.8. The second-order valence-electron chi connectivity index (χ2n) is 10.1. The monoisotopic (exact) mass is 572 g/mol. The van der Waals surface area contributed by atoms with Crippen LogP contribution in [0.15, 0.2) is 41.5 Å². The van der Waals surface area contributed by atoms with E-state index in [9.17, 15) is 44.3 Å². The highest BCUT2D eigenvalue weighted by Crippen LogP contribution is 2.47. The lowest BCUT2D eigenvalue weighted by molar-refractivity contribution is -0.177. The van der Waals surface area contributed by atoms with Crippen molar-refractivity contribution in [2.24, 2.45) is 11.8 Å². The summed E-state index contributed by atoms with van der Waals surface area (Å²) in [5.74, 6) is -4.38. The minimum Gasteiger partial charge on any atom is -0.439 e. The largest absolute Gasteiger partial charge is 0.439 e. The number of nitrogens with zero attached hydrogens (tertiary/aromatic N) is 2. The molecule has 0 saturated carbocycles. The third kappa shape index (κ3) is 6.38. The van der Waals surface area contributed by atoms with E-state index >= 15 is 0 Å². The molecule has 1 aliphatic carbocycles. The van der Waals surface area contributed by atoms with Gasteiger partial charge in [0.1, 0.15) is 6.10 Å². The van der Waals surface area contributed by atoms with E-state index in [-0.39, 0.29) is 18.2 Å². The Morgan fingerprint density at radius 1 is 1.00 bits per heavy atom. The summed E-state index contributed by atoms with van der Waals surface area (Å²) in [6, 6.07) is 1.75. The van der Waals surface area contributed by atoms with Crippen molar-refractivity contribution in [1.82, 2.24) is 9.80 Å². The number of ether oxygens (including phenoxy) is 1. The van der Waals surface area contributed by atoms with Crippen LogP contribution in [0.3, 0.4) is 0 Å². The molecule has 39 heavy (non-hydrogen) atoms. The Bertz CT molecular complexity index is 1140. The number of cyclic esters (lactones) is 1. The lowest BCUT2D eigenvalue weighted by atomic mass is 9.78. The minimum absolute atomic E-state index is 0.140. The lowest BCUT2D eigenvalue weighted by Gasteiger charge is -2.33. The zero-order chi connectivity index (χ0) is 29.7. The topological polar surface area (TPSA) is 32.8 Å². The number of amides is 1. The smallest absolute Gasteiger partial charge is 0.416 e. The molecule has 0 aromatic heterocycles. The molecule has 1 heterocycles. The number of benzene rings is 1. The number of alkyl halides is 9. The summed E-state index contributed by atoms with van der Waals surface area (Å²) in [5, 5.41) is 0. The van der Waals surface area contributed by atoms with E-state index in [0.29, 0.717) is 24.1 Å². The Labute approximate surface area is 220 Å². The average molecular weight is 573 g/mol. The number of hydrogen-bond acceptors (Lipinski definition) is 3. The fourth-order valence-corrected chi connectivity index (χ4v) is 5.25. The summed E-state index contributed by atoms with van der Waals surface area (Å²) in [6.45, 7) is 3.63. The van der Waals surface area contributed by atoms with Gasteiger partial charge in [-0.1, -0.05) is 26.0 Å². The SMILES string of the molecule is CCC(c1ccc(C(F)(F)F)cc1CN1C(=O)O[C@H](C2=CC(C(F)(F)F)C(C)C(C(F)(F)F)=C2)[C@@H]1C)N(C)C. The molecule has 0 bridgehead atoms. The van der Waals surface area contributed by atoms with Crippen LogP contribution in [0.5, 0.6) is 0 Å². The maximum absolute atomic E-state index is 13.7. The van der Waals surface area contributed by atoms with Crippen LogP contribution in [-0.4, -0.2) is 54.5 Å². The highest BCUT2D eigenvalue weighted by molar-refractivity contribution is 5.72. The van der Waals surface area contributed by atoms with E-state index in [1.807, 2.05) is 6.92 Å². The molecule has 1 fully saturated rings. The number of allylic oxidation sites excluding steroid dienone is 2. The van der Waals surface area contributed by atoms with Gasteiger partial charge in [0.05, 0.1) is 17.5 Å². The van der Waals surface area contributed by atoms with Crippen LogP contribution in [0.1, 0.15) is 49.9 Å². The fraction of sp³-hybridized carbons (Fsp3) is 0.577. The Morgan fingerprint density at radius 3 is 2.10 bits per heavy atom. The first kappa shape index (κ1) is 30.8. The molecule has 1 aromatic rings. The number of carbonyl (C=O) groups excluding carboxylic acids is 1. The van der Waals surface area contributed by atoms with Gasteiger partial charge in [-0.25, -0.2) is 4.79 Å². The molecule has 218 valence electrons. The molecule has 1 amide bonds. The summed E-state index contributed by atoms with van der Waals surface area (Å²) in [7, 11) is 3.47. The van der Waals surface area contributed by atoms with E-state index in [1.54, 1.807) is 19.0 Å². The molecule has 3 rings (SSSR count). The van der Waals surface area contributed by atoms with Crippen LogP contribution in [-0.2, 0) is 17.5 Å². The van der Waals surface area contributed by atoms with Gasteiger partial charge in [-0.15, -0.1) is 0 Å². The predicted octanol–water partition coefficient (Wildman–Crippen LogP) is 7.67. The fourth-order valence-electron chi connectivity index (χ4n) is 5.25. The van der Waals surface area contributed by atoms with Gasteiger partial charge in [0, 0.05) is 24.1 Å². The maximum Gasteiger partial charge on any atom is 0.416 e. The minimum atomic E-state index is -5.05. The quantitative estimate of drug-likeness (QED) is 0.328. The summed E-state index contributed by atoms with van der Waals surface area (Å²) in [6.07, 6.45) is -15.6. The van der Waals surface area contributed by atoms with Crippen molar-refractivity contribution in [2.45, 2.75) is 70.5 Å². The maximum atomic E-state index is 13.7. The number of halogens is 9. The molecule has 4 nitrogen and oxygen atoms in total. The Hall–Kier alpha value is -2.70. The summed E-state index contributed by atoms with van der Waals surface area (Å²) < 4.78 is 128. The number of carbonyl (C=O) groups is 1. The first-order chi connectivity index (χ1) is 17.8. The first-order valence-corrected chi connectivity index (χ1v) is 12.2. The van der Waals surface area contributed by atoms with Gasteiger partial charge >= 0.3 is 24.6 Å². The van der Waals surface area contributed by atoms with E-state index in [0.717, 1.165) is 24.0 Å². The third-order valence-electron chi connectivity index (χ3n) is 7.33. The lowest BCUT2D eigenvalue weighted by Crippen LogP contribution is -2.38. The summed E-state index contributed by atoms with van der Waals surface area (Å²) in [4.78, 5) is 15.6. The second-order valence-corrected chi connectivity index (χ2v) is 10.1. The standard InChI is InChI=1S/C26H29F9N2O2/c1-6-21(36(4)5)18-8-7-17(24(27,28)29)9-16(18)12-37-14(3)22(39-23(37)38)15-10-19(25(30,31)32)13(2)20(11-15)26(33,34)35/h7-11,13-14,19,21-22H,6,12H2,1-5H3/t13?,14-,19?,21?,22-/m0/s1. The predicted molar refractivity (Wildman–Crippen MR) is 124 cm³/mol. The summed E-state index contributed by atoms with van der Waals surface area (Å²) >= 11 is 0. The van der Waals surface area contributed by atoms with Crippen molar-refractivity contribution in [1.29, 1.82) is 0 Å². The van der Waals surface area contributed by atoms with Crippen molar-refractivity contribution in [3.05, 3.63) is 58.2 Å². The first-order valence-electron chi connectivity index (χ1n) is 12.2. The van der Waals surface area contributed by atoms with Crippen LogP contribution in [0, 0.1) is 11.8 Å². The van der Waals surface area contributed by atoms with Crippen molar-refractivity contribution in [3.8, 4) is 0 Å². The molecule has 0 N–H and O–H groups in total. The van der Waals surface area contributed by atoms with Gasteiger partial charge in [-0.3, -0.25) is 4.90 Å². The molecule has 1 aliphatic heterocycles. The van der Waals surface area contributed by atoms with Crippen LogP contribution in [0.4, 0.5) is 44.3 Å². The van der Waals surface area contributed by atoms with Crippen LogP contribution in [0.25, 0.3) is 0 Å². The van der Waals surface area contributed by atoms with Gasteiger partial charge in [0.15, 0.2) is 0 Å². The van der Waals surface area contributed by atoms with Crippen molar-refractivity contribution in [2.75, 3.05) is 14.1 Å². The Kier molecular flexibility index (Phi) is 8.46. The molecule has 3 unspecified atom stereocenters. The molecule has 5 atom stereocenters. The Morgan fingerprint density at radius 2 is 1.62 bits per heavy atom. The molecule has 0 radical (unpaired) electrons. The Balaban J connectivity index is 2.03. The van der Waals surface area contributed by atoms with Crippen LogP contribution >= 0.6 is 0 Å². The van der Waals surface area contributed by atoms with Gasteiger partial charge in [-0.05, 0) is 62.3 Å². The molecular weight excluding hydrogens is 543 g/mol. The van der Waals surface area contributed by atoms with Crippen molar-refractivity contribution >= 4 is 6.09 Å². The van der Waals surface area contributed by atoms with E-state index in [2.05, 4.69) is 0 Å². The van der Waals surface area contributed by atoms with Gasteiger partial charge in [-0.2, -0.15) is 39.5 Å². The third-order valence-corrected chi connectivity index (χ3v) is 7.33. The van der Waals surface area contributed by atoms with Crippen molar-refractivity contribution < 1.29 is 49.0 Å². The molecule has 1 saturated heterocycles. The van der Waals surface area contributed by atoms with E-state index in [1.165, 1.54) is 13.0 Å².